The summed E-state index contributed by atoms with van der Waals surface area (Å²) >= 11 is 0. The highest BCUT2D eigenvalue weighted by Gasteiger charge is 2.23. The highest BCUT2D eigenvalue weighted by Crippen LogP contribution is 2.19. The highest BCUT2D eigenvalue weighted by atomic mass is 16.6. The molecule has 0 radical (unpaired) electrons. The molecule has 0 aliphatic rings. The van der Waals surface area contributed by atoms with Crippen LogP contribution in [0.2, 0.25) is 0 Å². The van der Waals surface area contributed by atoms with Crippen LogP contribution in [-0.2, 0) is 15.9 Å². The third-order valence-electron chi connectivity index (χ3n) is 3.22. The zero-order valence-electron chi connectivity index (χ0n) is 16.3. The number of rotatable bonds is 3. The van der Waals surface area contributed by atoms with E-state index in [1.807, 2.05) is 45.0 Å². The summed E-state index contributed by atoms with van der Waals surface area (Å²) in [6, 6.07) is 7.35. The SMILES string of the molecule is CC(C)(C)OC(=O)NCCc1nc2ccccc2n1C(=O)OC(C)(C)C. The summed E-state index contributed by atoms with van der Waals surface area (Å²) < 4.78 is 12.2. The van der Waals surface area contributed by atoms with E-state index < -0.39 is 23.4 Å². The molecule has 1 N–H and O–H groups in total. The second kappa shape index (κ2) is 7.35. The predicted octanol–water partition coefficient (Wildman–Crippen LogP) is 3.89. The fourth-order valence-corrected chi connectivity index (χ4v) is 2.35. The normalized spacial score (nSPS) is 12.1. The van der Waals surface area contributed by atoms with Crippen LogP contribution in [0.3, 0.4) is 0 Å². The number of carbonyl (C=O) groups excluding carboxylic acids is 2. The summed E-state index contributed by atoms with van der Waals surface area (Å²) in [5, 5.41) is 2.68. The third kappa shape index (κ3) is 5.47. The smallest absolute Gasteiger partial charge is 0.420 e. The summed E-state index contributed by atoms with van der Waals surface area (Å²) in [7, 11) is 0. The van der Waals surface area contributed by atoms with Gasteiger partial charge in [0.1, 0.15) is 17.0 Å². The molecule has 0 saturated carbocycles. The van der Waals surface area contributed by atoms with E-state index in [1.165, 1.54) is 4.57 Å². The molecule has 1 amide bonds. The molecule has 26 heavy (non-hydrogen) atoms. The van der Waals surface area contributed by atoms with Crippen molar-refractivity contribution in [3.05, 3.63) is 30.1 Å². The van der Waals surface area contributed by atoms with Crippen molar-refractivity contribution in [3.63, 3.8) is 0 Å². The molecule has 0 aliphatic heterocycles. The molecule has 2 rings (SSSR count). The summed E-state index contributed by atoms with van der Waals surface area (Å²) in [5.74, 6) is 0.525. The molecule has 1 aromatic heterocycles. The second-order valence-electron chi connectivity index (χ2n) is 8.01. The van der Waals surface area contributed by atoms with Gasteiger partial charge in [0.2, 0.25) is 0 Å². The first-order chi connectivity index (χ1) is 12.0. The van der Waals surface area contributed by atoms with E-state index in [-0.39, 0.29) is 0 Å². The Bertz CT molecular complexity index is 797. The lowest BCUT2D eigenvalue weighted by molar-refractivity contribution is 0.0528. The number of carbonyl (C=O) groups is 2. The van der Waals surface area contributed by atoms with Crippen molar-refractivity contribution >= 4 is 23.2 Å². The van der Waals surface area contributed by atoms with E-state index in [9.17, 15) is 9.59 Å². The molecule has 7 nitrogen and oxygen atoms in total. The standard InChI is InChI=1S/C19H27N3O4/c1-18(2,3)25-16(23)20-12-11-15-21-13-9-7-8-10-14(13)22(15)17(24)26-19(4,5)6/h7-10H,11-12H2,1-6H3,(H,20,23). The first kappa shape index (κ1) is 19.8. The van der Waals surface area contributed by atoms with E-state index in [2.05, 4.69) is 10.3 Å². The lowest BCUT2D eigenvalue weighted by Crippen LogP contribution is -2.34. The van der Waals surface area contributed by atoms with Crippen LogP contribution in [0, 0.1) is 0 Å². The Kier molecular flexibility index (Phi) is 5.59. The van der Waals surface area contributed by atoms with E-state index in [1.54, 1.807) is 20.8 Å². The Hall–Kier alpha value is -2.57. The Morgan fingerprint density at radius 1 is 1.04 bits per heavy atom. The fourth-order valence-electron chi connectivity index (χ4n) is 2.35. The Morgan fingerprint density at radius 3 is 2.27 bits per heavy atom. The van der Waals surface area contributed by atoms with Crippen LogP contribution in [0.5, 0.6) is 0 Å². The highest BCUT2D eigenvalue weighted by molar-refractivity contribution is 5.87. The largest absolute Gasteiger partial charge is 0.444 e. The minimum Gasteiger partial charge on any atom is -0.444 e. The number of alkyl carbamates (subject to hydrolysis) is 1. The van der Waals surface area contributed by atoms with Crippen LogP contribution < -0.4 is 5.32 Å². The number of ether oxygens (including phenoxy) is 2. The molecule has 1 aromatic carbocycles. The maximum absolute atomic E-state index is 12.6. The summed E-state index contributed by atoms with van der Waals surface area (Å²) in [5.41, 5.74) is 0.196. The molecular formula is C19H27N3O4. The van der Waals surface area contributed by atoms with Gasteiger partial charge in [-0.25, -0.2) is 19.1 Å². The van der Waals surface area contributed by atoms with Crippen molar-refractivity contribution in [1.82, 2.24) is 14.9 Å². The van der Waals surface area contributed by atoms with Crippen LogP contribution in [0.15, 0.2) is 24.3 Å². The van der Waals surface area contributed by atoms with Crippen molar-refractivity contribution in [2.45, 2.75) is 59.2 Å². The average Bonchev–Trinajstić information content (AvgIpc) is 2.81. The minimum atomic E-state index is -0.617. The van der Waals surface area contributed by atoms with Crippen molar-refractivity contribution in [3.8, 4) is 0 Å². The lowest BCUT2D eigenvalue weighted by atomic mass is 10.2. The van der Waals surface area contributed by atoms with Gasteiger partial charge in [0.15, 0.2) is 0 Å². The van der Waals surface area contributed by atoms with Gasteiger partial charge in [0.05, 0.1) is 11.0 Å². The number of aromatic nitrogens is 2. The van der Waals surface area contributed by atoms with E-state index >= 15 is 0 Å². The zero-order chi connectivity index (χ0) is 19.5. The first-order valence-corrected chi connectivity index (χ1v) is 8.63. The Balaban J connectivity index is 2.17. The topological polar surface area (TPSA) is 82.5 Å². The average molecular weight is 361 g/mol. The van der Waals surface area contributed by atoms with Crippen molar-refractivity contribution < 1.29 is 19.1 Å². The Morgan fingerprint density at radius 2 is 1.65 bits per heavy atom. The number of hydrogen-bond acceptors (Lipinski definition) is 5. The number of fused-ring (bicyclic) bond motifs is 1. The monoisotopic (exact) mass is 361 g/mol. The van der Waals surface area contributed by atoms with Crippen LogP contribution in [-0.4, -0.2) is 39.5 Å². The lowest BCUT2D eigenvalue weighted by Gasteiger charge is -2.21. The maximum Gasteiger partial charge on any atom is 0.420 e. The van der Waals surface area contributed by atoms with Gasteiger partial charge in [0.25, 0.3) is 0 Å². The molecule has 0 saturated heterocycles. The quantitative estimate of drug-likeness (QED) is 0.897. The number of imidazole rings is 1. The second-order valence-corrected chi connectivity index (χ2v) is 8.01. The molecule has 0 unspecified atom stereocenters. The van der Waals surface area contributed by atoms with E-state index in [0.717, 1.165) is 0 Å². The van der Waals surface area contributed by atoms with Crippen LogP contribution in [0.4, 0.5) is 9.59 Å². The molecule has 2 aromatic rings. The molecule has 0 atom stereocenters. The summed E-state index contributed by atoms with van der Waals surface area (Å²) in [4.78, 5) is 28.9. The van der Waals surface area contributed by atoms with Gasteiger partial charge >= 0.3 is 12.2 Å². The van der Waals surface area contributed by atoms with Gasteiger partial charge in [-0.05, 0) is 53.7 Å². The number of amides is 1. The van der Waals surface area contributed by atoms with Crippen molar-refractivity contribution in [1.29, 1.82) is 0 Å². The first-order valence-electron chi connectivity index (χ1n) is 8.63. The number of benzene rings is 1. The number of hydrogen-bond donors (Lipinski definition) is 1. The van der Waals surface area contributed by atoms with Gasteiger partial charge in [-0.1, -0.05) is 12.1 Å². The molecular weight excluding hydrogens is 334 g/mol. The number of nitrogens with one attached hydrogen (secondary N) is 1. The van der Waals surface area contributed by atoms with Crippen molar-refractivity contribution in [2.75, 3.05) is 6.54 Å². The summed E-state index contributed by atoms with van der Waals surface area (Å²) in [6.45, 7) is 11.1. The van der Waals surface area contributed by atoms with E-state index in [4.69, 9.17) is 9.47 Å². The third-order valence-corrected chi connectivity index (χ3v) is 3.22. The molecule has 1 heterocycles. The molecule has 0 aliphatic carbocycles. The van der Waals surface area contributed by atoms with Crippen LogP contribution >= 0.6 is 0 Å². The molecule has 0 fully saturated rings. The van der Waals surface area contributed by atoms with Gasteiger partial charge < -0.3 is 14.8 Å². The number of nitrogens with zero attached hydrogens (tertiary/aromatic N) is 2. The van der Waals surface area contributed by atoms with Crippen LogP contribution in [0.1, 0.15) is 47.4 Å². The predicted molar refractivity (Wildman–Crippen MR) is 99.3 cm³/mol. The van der Waals surface area contributed by atoms with E-state index in [0.29, 0.717) is 29.8 Å². The summed E-state index contributed by atoms with van der Waals surface area (Å²) in [6.07, 6.45) is -0.622. The molecule has 142 valence electrons. The maximum atomic E-state index is 12.6. The fraction of sp³-hybridized carbons (Fsp3) is 0.526. The van der Waals surface area contributed by atoms with Crippen molar-refractivity contribution in [2.24, 2.45) is 0 Å². The van der Waals surface area contributed by atoms with Gasteiger partial charge in [-0.15, -0.1) is 0 Å². The Labute approximate surface area is 153 Å². The van der Waals surface area contributed by atoms with Crippen LogP contribution in [0.25, 0.3) is 11.0 Å². The minimum absolute atomic E-state index is 0.293. The number of para-hydroxylation sites is 2. The molecule has 7 heteroatoms. The molecule has 0 bridgehead atoms. The van der Waals surface area contributed by atoms with Gasteiger partial charge in [-0.3, -0.25) is 0 Å². The molecule has 0 spiro atoms. The van der Waals surface area contributed by atoms with Gasteiger partial charge in [-0.2, -0.15) is 0 Å². The van der Waals surface area contributed by atoms with Gasteiger partial charge in [0, 0.05) is 13.0 Å². The zero-order valence-corrected chi connectivity index (χ0v) is 16.3.